The third kappa shape index (κ3) is 3.95. The van der Waals surface area contributed by atoms with Crippen molar-refractivity contribution in [2.75, 3.05) is 17.5 Å². The Labute approximate surface area is 166 Å². The molecule has 29 heavy (non-hydrogen) atoms. The van der Waals surface area contributed by atoms with Crippen molar-refractivity contribution in [3.63, 3.8) is 0 Å². The molecule has 0 bridgehead atoms. The molecule has 1 unspecified atom stereocenters. The summed E-state index contributed by atoms with van der Waals surface area (Å²) in [5.41, 5.74) is 6.03. The number of alkyl halides is 3. The summed E-state index contributed by atoms with van der Waals surface area (Å²) in [5, 5.41) is 4.99. The van der Waals surface area contributed by atoms with Gasteiger partial charge in [0.1, 0.15) is 5.54 Å². The molecule has 3 aromatic rings. The molecular formula is C19H21F3N4O2S. The summed E-state index contributed by atoms with van der Waals surface area (Å²) in [6.07, 6.45) is -1.39. The fraction of sp³-hybridized carbons (Fsp3) is 0.316. The number of rotatable bonds is 6. The molecule has 0 aliphatic heterocycles. The predicted molar refractivity (Wildman–Crippen MR) is 106 cm³/mol. The van der Waals surface area contributed by atoms with Gasteiger partial charge in [0.15, 0.2) is 0 Å². The van der Waals surface area contributed by atoms with Crippen molar-refractivity contribution >= 4 is 26.6 Å². The van der Waals surface area contributed by atoms with Gasteiger partial charge in [-0.05, 0) is 36.2 Å². The van der Waals surface area contributed by atoms with E-state index in [1.54, 1.807) is 22.9 Å². The Morgan fingerprint density at radius 2 is 1.72 bits per heavy atom. The van der Waals surface area contributed by atoms with Crippen molar-refractivity contribution in [1.29, 1.82) is 0 Å². The first-order valence-electron chi connectivity index (χ1n) is 8.84. The first-order chi connectivity index (χ1) is 13.5. The van der Waals surface area contributed by atoms with E-state index in [-0.39, 0.29) is 6.54 Å². The van der Waals surface area contributed by atoms with Crippen LogP contribution in [0.2, 0.25) is 0 Å². The van der Waals surface area contributed by atoms with Gasteiger partial charge >= 0.3 is 6.18 Å². The molecule has 0 saturated heterocycles. The van der Waals surface area contributed by atoms with E-state index in [4.69, 9.17) is 5.73 Å². The Morgan fingerprint density at radius 1 is 1.10 bits per heavy atom. The second-order valence-electron chi connectivity index (χ2n) is 6.83. The molecule has 10 heteroatoms. The van der Waals surface area contributed by atoms with Gasteiger partial charge in [-0.15, -0.1) is 0 Å². The largest absolute Gasteiger partial charge is 0.416 e. The van der Waals surface area contributed by atoms with E-state index in [2.05, 4.69) is 9.82 Å². The number of anilines is 1. The van der Waals surface area contributed by atoms with Crippen LogP contribution in [0, 0.1) is 0 Å². The Balaban J connectivity index is 2.17. The van der Waals surface area contributed by atoms with E-state index in [1.165, 1.54) is 18.3 Å². The number of aromatic nitrogens is 2. The number of hydrogen-bond donors (Lipinski definition) is 2. The van der Waals surface area contributed by atoms with Crippen LogP contribution in [0.1, 0.15) is 24.5 Å². The van der Waals surface area contributed by atoms with Crippen LogP contribution in [0.3, 0.4) is 0 Å². The van der Waals surface area contributed by atoms with Crippen LogP contribution in [-0.2, 0) is 21.7 Å². The highest BCUT2D eigenvalue weighted by atomic mass is 32.2. The van der Waals surface area contributed by atoms with Crippen molar-refractivity contribution in [3.05, 3.63) is 59.8 Å². The van der Waals surface area contributed by atoms with Crippen LogP contribution in [0.25, 0.3) is 10.9 Å². The fourth-order valence-electron chi connectivity index (χ4n) is 3.48. The molecule has 0 radical (unpaired) electrons. The second-order valence-corrected chi connectivity index (χ2v) is 8.58. The number of nitrogens with zero attached hydrogens (tertiary/aromatic N) is 2. The third-order valence-corrected chi connectivity index (χ3v) is 5.58. The first-order valence-corrected chi connectivity index (χ1v) is 10.7. The highest BCUT2D eigenvalue weighted by Gasteiger charge is 2.35. The second kappa shape index (κ2) is 7.34. The van der Waals surface area contributed by atoms with Crippen LogP contribution in [-0.4, -0.2) is 31.0 Å². The number of hydrogen-bond acceptors (Lipinski definition) is 4. The monoisotopic (exact) mass is 426 g/mol. The summed E-state index contributed by atoms with van der Waals surface area (Å²) in [5.74, 6) is 0. The molecule has 0 saturated carbocycles. The van der Waals surface area contributed by atoms with E-state index in [0.29, 0.717) is 28.6 Å². The van der Waals surface area contributed by atoms with Gasteiger partial charge in [0.05, 0.1) is 29.2 Å². The van der Waals surface area contributed by atoms with Gasteiger partial charge < -0.3 is 5.73 Å². The Hall–Kier alpha value is -2.59. The average Bonchev–Trinajstić information content (AvgIpc) is 3.08. The summed E-state index contributed by atoms with van der Waals surface area (Å²) in [4.78, 5) is 0. The summed E-state index contributed by atoms with van der Waals surface area (Å²) in [6.45, 7) is 1.96. The summed E-state index contributed by atoms with van der Waals surface area (Å²) < 4.78 is 66.2. The number of benzene rings is 2. The molecule has 0 fully saturated rings. The van der Waals surface area contributed by atoms with E-state index < -0.39 is 27.3 Å². The van der Waals surface area contributed by atoms with E-state index in [0.717, 1.165) is 18.4 Å². The molecule has 1 aromatic heterocycles. The van der Waals surface area contributed by atoms with E-state index >= 15 is 0 Å². The fourth-order valence-corrected chi connectivity index (χ4v) is 4.05. The van der Waals surface area contributed by atoms with Gasteiger partial charge in [0.25, 0.3) is 0 Å². The molecule has 0 spiro atoms. The van der Waals surface area contributed by atoms with Crippen LogP contribution in [0.4, 0.5) is 18.9 Å². The van der Waals surface area contributed by atoms with Crippen molar-refractivity contribution in [1.82, 2.24) is 9.78 Å². The Kier molecular flexibility index (Phi) is 5.35. The van der Waals surface area contributed by atoms with E-state index in [9.17, 15) is 21.6 Å². The molecule has 1 heterocycles. The summed E-state index contributed by atoms with van der Waals surface area (Å²) in [7, 11) is -3.50. The first kappa shape index (κ1) is 21.1. The van der Waals surface area contributed by atoms with Crippen LogP contribution in [0.5, 0.6) is 0 Å². The molecule has 0 aliphatic rings. The third-order valence-electron chi connectivity index (χ3n) is 4.99. The van der Waals surface area contributed by atoms with Crippen molar-refractivity contribution in [2.24, 2.45) is 5.73 Å². The van der Waals surface area contributed by atoms with Gasteiger partial charge in [-0.3, -0.25) is 9.40 Å². The predicted octanol–water partition coefficient (Wildman–Crippen LogP) is 3.54. The highest BCUT2D eigenvalue weighted by Crippen LogP contribution is 2.36. The molecule has 156 valence electrons. The maximum atomic E-state index is 12.9. The lowest BCUT2D eigenvalue weighted by molar-refractivity contribution is -0.137. The summed E-state index contributed by atoms with van der Waals surface area (Å²) >= 11 is 0. The van der Waals surface area contributed by atoms with Crippen LogP contribution in [0.15, 0.2) is 48.7 Å². The van der Waals surface area contributed by atoms with Gasteiger partial charge in [-0.25, -0.2) is 8.42 Å². The molecule has 6 nitrogen and oxygen atoms in total. The van der Waals surface area contributed by atoms with Crippen LogP contribution >= 0.6 is 0 Å². The molecule has 2 aromatic carbocycles. The van der Waals surface area contributed by atoms with Crippen molar-refractivity contribution in [2.45, 2.75) is 25.1 Å². The summed E-state index contributed by atoms with van der Waals surface area (Å²) in [6, 6.07) is 9.92. The molecule has 1 atom stereocenters. The lowest BCUT2D eigenvalue weighted by atomic mass is 9.86. The molecule has 0 amide bonds. The number of sulfonamides is 1. The zero-order valence-electron chi connectivity index (χ0n) is 15.9. The van der Waals surface area contributed by atoms with Crippen LogP contribution < -0.4 is 10.5 Å². The molecule has 3 rings (SSSR count). The minimum absolute atomic E-state index is 0.0926. The van der Waals surface area contributed by atoms with Crippen molar-refractivity contribution < 1.29 is 21.6 Å². The Bertz CT molecular complexity index is 1120. The van der Waals surface area contributed by atoms with Gasteiger partial charge in [-0.2, -0.15) is 18.3 Å². The normalized spacial score (nSPS) is 14.7. The maximum absolute atomic E-state index is 12.9. The SMILES string of the molecule is CCC(CN)(c1ccc(C(F)(F)F)cc1)n1ncc2c(NS(C)(=O)=O)cccc21. The number of fused-ring (bicyclic) bond motifs is 1. The average molecular weight is 426 g/mol. The topological polar surface area (TPSA) is 90.0 Å². The minimum Gasteiger partial charge on any atom is -0.328 e. The lowest BCUT2D eigenvalue weighted by Gasteiger charge is -2.33. The quantitative estimate of drug-likeness (QED) is 0.631. The van der Waals surface area contributed by atoms with Gasteiger partial charge in [-0.1, -0.05) is 25.1 Å². The Morgan fingerprint density at radius 3 is 2.24 bits per heavy atom. The smallest absolute Gasteiger partial charge is 0.328 e. The highest BCUT2D eigenvalue weighted by molar-refractivity contribution is 7.92. The zero-order chi connectivity index (χ0) is 21.4. The van der Waals surface area contributed by atoms with Crippen molar-refractivity contribution in [3.8, 4) is 0 Å². The van der Waals surface area contributed by atoms with Gasteiger partial charge in [0.2, 0.25) is 10.0 Å². The number of nitrogens with two attached hydrogens (primary N) is 1. The van der Waals surface area contributed by atoms with E-state index in [1.807, 2.05) is 6.92 Å². The minimum atomic E-state index is -4.43. The number of nitrogens with one attached hydrogen (secondary N) is 1. The zero-order valence-corrected chi connectivity index (χ0v) is 16.7. The molecule has 3 N–H and O–H groups in total. The molecular weight excluding hydrogens is 405 g/mol. The maximum Gasteiger partial charge on any atom is 0.416 e. The van der Waals surface area contributed by atoms with Gasteiger partial charge in [0, 0.05) is 11.9 Å². The standard InChI is InChI=1S/C19H21F3N4O2S/c1-3-18(12-23,13-7-9-14(10-8-13)19(20,21)22)26-17-6-4-5-16(15(17)11-24-26)25-29(2,27)28/h4-11,25H,3,12,23H2,1-2H3. The molecule has 0 aliphatic carbocycles. The number of halogens is 3. The lowest BCUT2D eigenvalue weighted by Crippen LogP contribution is -2.42.